The molecular formula is C13H17NO3. The van der Waals surface area contributed by atoms with Gasteiger partial charge in [-0.05, 0) is 32.4 Å². The summed E-state index contributed by atoms with van der Waals surface area (Å²) in [5.74, 6) is -0.928. The SMILES string of the molecule is COC(=O)C(C)(C)C(=O)Nc1ccccc1C. The average Bonchev–Trinajstić information content (AvgIpc) is 2.30. The van der Waals surface area contributed by atoms with Crippen LogP contribution in [0.5, 0.6) is 0 Å². The van der Waals surface area contributed by atoms with Crippen LogP contribution in [0, 0.1) is 12.3 Å². The van der Waals surface area contributed by atoms with E-state index in [1.165, 1.54) is 21.0 Å². The van der Waals surface area contributed by atoms with E-state index in [9.17, 15) is 9.59 Å². The lowest BCUT2D eigenvalue weighted by molar-refractivity contribution is -0.154. The van der Waals surface area contributed by atoms with Gasteiger partial charge >= 0.3 is 5.97 Å². The van der Waals surface area contributed by atoms with Crippen LogP contribution in [0.25, 0.3) is 0 Å². The summed E-state index contributed by atoms with van der Waals surface area (Å²) >= 11 is 0. The molecule has 17 heavy (non-hydrogen) atoms. The normalized spacial score (nSPS) is 10.8. The first-order valence-corrected chi connectivity index (χ1v) is 5.35. The minimum Gasteiger partial charge on any atom is -0.468 e. The van der Waals surface area contributed by atoms with Gasteiger partial charge in [0.15, 0.2) is 0 Å². The predicted molar refractivity (Wildman–Crippen MR) is 65.6 cm³/mol. The van der Waals surface area contributed by atoms with Crippen molar-refractivity contribution in [2.24, 2.45) is 5.41 Å². The number of para-hydroxylation sites is 1. The molecule has 0 aromatic heterocycles. The van der Waals surface area contributed by atoms with E-state index in [-0.39, 0.29) is 5.91 Å². The van der Waals surface area contributed by atoms with E-state index in [1.807, 2.05) is 25.1 Å². The van der Waals surface area contributed by atoms with E-state index < -0.39 is 11.4 Å². The van der Waals surface area contributed by atoms with Crippen molar-refractivity contribution >= 4 is 17.6 Å². The quantitative estimate of drug-likeness (QED) is 0.645. The van der Waals surface area contributed by atoms with Crippen molar-refractivity contribution < 1.29 is 14.3 Å². The van der Waals surface area contributed by atoms with Gasteiger partial charge in [0.2, 0.25) is 5.91 Å². The topological polar surface area (TPSA) is 55.4 Å². The zero-order valence-electron chi connectivity index (χ0n) is 10.5. The maximum Gasteiger partial charge on any atom is 0.320 e. The number of ether oxygens (including phenoxy) is 1. The summed E-state index contributed by atoms with van der Waals surface area (Å²) in [6.07, 6.45) is 0. The summed E-state index contributed by atoms with van der Waals surface area (Å²) in [6, 6.07) is 7.39. The third-order valence-corrected chi connectivity index (χ3v) is 2.66. The Balaban J connectivity index is 2.87. The predicted octanol–water partition coefficient (Wildman–Crippen LogP) is 2.13. The van der Waals surface area contributed by atoms with Gasteiger partial charge in [-0.3, -0.25) is 9.59 Å². The van der Waals surface area contributed by atoms with Crippen LogP contribution >= 0.6 is 0 Å². The number of hydrogen-bond acceptors (Lipinski definition) is 3. The van der Waals surface area contributed by atoms with E-state index in [4.69, 9.17) is 0 Å². The molecule has 0 bridgehead atoms. The van der Waals surface area contributed by atoms with Crippen LogP contribution in [-0.4, -0.2) is 19.0 Å². The molecule has 0 aliphatic carbocycles. The van der Waals surface area contributed by atoms with Gasteiger partial charge in [0.05, 0.1) is 7.11 Å². The smallest absolute Gasteiger partial charge is 0.320 e. The van der Waals surface area contributed by atoms with Crippen LogP contribution in [0.4, 0.5) is 5.69 Å². The molecule has 4 heteroatoms. The molecule has 4 nitrogen and oxygen atoms in total. The van der Waals surface area contributed by atoms with Crippen molar-refractivity contribution in [3.05, 3.63) is 29.8 Å². The van der Waals surface area contributed by atoms with Gasteiger partial charge in [-0.25, -0.2) is 0 Å². The molecule has 0 fully saturated rings. The molecule has 0 heterocycles. The number of nitrogens with one attached hydrogen (secondary N) is 1. The fourth-order valence-electron chi connectivity index (χ4n) is 1.34. The molecule has 0 radical (unpaired) electrons. The molecule has 1 rings (SSSR count). The van der Waals surface area contributed by atoms with Gasteiger partial charge in [0.1, 0.15) is 5.41 Å². The van der Waals surface area contributed by atoms with Crippen LogP contribution in [0.3, 0.4) is 0 Å². The fourth-order valence-corrected chi connectivity index (χ4v) is 1.34. The van der Waals surface area contributed by atoms with Gasteiger partial charge in [-0.2, -0.15) is 0 Å². The van der Waals surface area contributed by atoms with Crippen molar-refractivity contribution in [3.63, 3.8) is 0 Å². The van der Waals surface area contributed by atoms with E-state index in [2.05, 4.69) is 10.1 Å². The molecule has 0 spiro atoms. The summed E-state index contributed by atoms with van der Waals surface area (Å²) in [6.45, 7) is 4.96. The Hall–Kier alpha value is -1.84. The molecule has 0 aliphatic rings. The first kappa shape index (κ1) is 13.2. The Bertz CT molecular complexity index is 438. The summed E-state index contributed by atoms with van der Waals surface area (Å²) in [4.78, 5) is 23.4. The van der Waals surface area contributed by atoms with Crippen molar-refractivity contribution in [2.45, 2.75) is 20.8 Å². The Morgan fingerprint density at radius 2 is 1.82 bits per heavy atom. The Morgan fingerprint density at radius 3 is 2.35 bits per heavy atom. The van der Waals surface area contributed by atoms with E-state index in [0.717, 1.165) is 5.56 Å². The number of esters is 1. The Labute approximate surface area is 101 Å². The minimum absolute atomic E-state index is 0.376. The average molecular weight is 235 g/mol. The molecule has 0 aliphatic heterocycles. The standard InChI is InChI=1S/C13H17NO3/c1-9-7-5-6-8-10(9)14-11(15)13(2,3)12(16)17-4/h5-8H,1-4H3,(H,14,15). The summed E-state index contributed by atoms with van der Waals surface area (Å²) in [7, 11) is 1.27. The van der Waals surface area contributed by atoms with Gasteiger partial charge in [0, 0.05) is 5.69 Å². The highest BCUT2D eigenvalue weighted by molar-refractivity contribution is 6.08. The van der Waals surface area contributed by atoms with E-state index >= 15 is 0 Å². The maximum absolute atomic E-state index is 12.0. The van der Waals surface area contributed by atoms with Gasteiger partial charge < -0.3 is 10.1 Å². The fraction of sp³-hybridized carbons (Fsp3) is 0.385. The van der Waals surface area contributed by atoms with Gasteiger partial charge in [-0.1, -0.05) is 18.2 Å². The highest BCUT2D eigenvalue weighted by Gasteiger charge is 2.37. The number of benzene rings is 1. The second-order valence-electron chi connectivity index (χ2n) is 4.39. The molecule has 1 aromatic rings. The minimum atomic E-state index is -1.20. The molecule has 1 aromatic carbocycles. The maximum atomic E-state index is 12.0. The van der Waals surface area contributed by atoms with Gasteiger partial charge in [-0.15, -0.1) is 0 Å². The monoisotopic (exact) mass is 235 g/mol. The van der Waals surface area contributed by atoms with Crippen LogP contribution in [0.1, 0.15) is 19.4 Å². The molecule has 0 saturated heterocycles. The molecule has 0 saturated carbocycles. The Kier molecular flexibility index (Phi) is 3.89. The number of carbonyl (C=O) groups excluding carboxylic acids is 2. The second kappa shape index (κ2) is 4.99. The van der Waals surface area contributed by atoms with Crippen molar-refractivity contribution in [1.29, 1.82) is 0 Å². The highest BCUT2D eigenvalue weighted by Crippen LogP contribution is 2.21. The third-order valence-electron chi connectivity index (χ3n) is 2.66. The number of methoxy groups -OCH3 is 1. The first-order chi connectivity index (χ1) is 7.89. The van der Waals surface area contributed by atoms with Crippen LogP contribution in [0.15, 0.2) is 24.3 Å². The van der Waals surface area contributed by atoms with Crippen LogP contribution in [0.2, 0.25) is 0 Å². The number of hydrogen-bond donors (Lipinski definition) is 1. The van der Waals surface area contributed by atoms with Crippen LogP contribution < -0.4 is 5.32 Å². The van der Waals surface area contributed by atoms with Crippen molar-refractivity contribution in [3.8, 4) is 0 Å². The zero-order chi connectivity index (χ0) is 13.1. The number of amides is 1. The number of anilines is 1. The first-order valence-electron chi connectivity index (χ1n) is 5.35. The Morgan fingerprint density at radius 1 is 1.24 bits per heavy atom. The molecule has 0 atom stereocenters. The van der Waals surface area contributed by atoms with Gasteiger partial charge in [0.25, 0.3) is 0 Å². The lowest BCUT2D eigenvalue weighted by Crippen LogP contribution is -2.38. The number of rotatable bonds is 3. The summed E-state index contributed by atoms with van der Waals surface area (Å²) < 4.78 is 4.60. The molecular weight excluding hydrogens is 218 g/mol. The molecule has 0 unspecified atom stereocenters. The van der Waals surface area contributed by atoms with Crippen molar-refractivity contribution in [1.82, 2.24) is 0 Å². The zero-order valence-corrected chi connectivity index (χ0v) is 10.5. The van der Waals surface area contributed by atoms with E-state index in [1.54, 1.807) is 6.07 Å². The third kappa shape index (κ3) is 2.84. The molecule has 1 N–H and O–H groups in total. The lowest BCUT2D eigenvalue weighted by atomic mass is 9.92. The van der Waals surface area contributed by atoms with Crippen molar-refractivity contribution in [2.75, 3.05) is 12.4 Å². The number of aryl methyl sites for hydroxylation is 1. The molecule has 1 amide bonds. The van der Waals surface area contributed by atoms with Crippen LogP contribution in [-0.2, 0) is 14.3 Å². The molecule has 92 valence electrons. The summed E-state index contributed by atoms with van der Waals surface area (Å²) in [5, 5.41) is 2.73. The largest absolute Gasteiger partial charge is 0.468 e. The lowest BCUT2D eigenvalue weighted by Gasteiger charge is -2.21. The highest BCUT2D eigenvalue weighted by atomic mass is 16.5. The van der Waals surface area contributed by atoms with E-state index in [0.29, 0.717) is 5.69 Å². The summed E-state index contributed by atoms with van der Waals surface area (Å²) in [5.41, 5.74) is 0.452. The number of carbonyl (C=O) groups is 2. The second-order valence-corrected chi connectivity index (χ2v) is 4.39.